The van der Waals surface area contributed by atoms with Gasteiger partial charge in [0.1, 0.15) is 0 Å². The summed E-state index contributed by atoms with van der Waals surface area (Å²) in [6.07, 6.45) is 0. The Labute approximate surface area is 137 Å². The highest BCUT2D eigenvalue weighted by atomic mass is 16.5. The summed E-state index contributed by atoms with van der Waals surface area (Å²) in [5.41, 5.74) is 0.451. The molecule has 0 aliphatic carbocycles. The highest BCUT2D eigenvalue weighted by Crippen LogP contribution is 2.38. The Morgan fingerprint density at radius 3 is 1.70 bits per heavy atom. The Morgan fingerprint density at radius 1 is 0.870 bits per heavy atom. The highest BCUT2D eigenvalue weighted by molar-refractivity contribution is 5.95. The van der Waals surface area contributed by atoms with Gasteiger partial charge in [0.05, 0.1) is 34.5 Å². The number of benzene rings is 1. The van der Waals surface area contributed by atoms with Crippen LogP contribution in [0, 0.1) is 0 Å². The van der Waals surface area contributed by atoms with Gasteiger partial charge in [0.15, 0.2) is 11.5 Å². The van der Waals surface area contributed by atoms with Crippen molar-refractivity contribution in [2.24, 2.45) is 0 Å². The van der Waals surface area contributed by atoms with Crippen LogP contribution in [0.25, 0.3) is 0 Å². The third-order valence-corrected chi connectivity index (χ3v) is 3.33. The maximum Gasteiger partial charge on any atom is 0.254 e. The van der Waals surface area contributed by atoms with Gasteiger partial charge in [-0.15, -0.1) is 0 Å². The Morgan fingerprint density at radius 2 is 1.35 bits per heavy atom. The van der Waals surface area contributed by atoms with E-state index in [0.29, 0.717) is 49.1 Å². The van der Waals surface area contributed by atoms with Crippen LogP contribution in [0.3, 0.4) is 0 Å². The molecule has 0 unspecified atom stereocenters. The Kier molecular flexibility index (Phi) is 8.21. The van der Waals surface area contributed by atoms with E-state index in [9.17, 15) is 4.79 Å². The largest absolute Gasteiger partial charge is 0.493 e. The summed E-state index contributed by atoms with van der Waals surface area (Å²) in [6.45, 7) is 1.82. The lowest BCUT2D eigenvalue weighted by molar-refractivity contribution is 0.0626. The smallest absolute Gasteiger partial charge is 0.254 e. The lowest BCUT2D eigenvalue weighted by Gasteiger charge is -2.23. The lowest BCUT2D eigenvalue weighted by Crippen LogP contribution is -2.36. The molecule has 23 heavy (non-hydrogen) atoms. The number of methoxy groups -OCH3 is 5. The molecule has 1 rings (SSSR count). The molecule has 1 aromatic carbocycles. The summed E-state index contributed by atoms with van der Waals surface area (Å²) < 4.78 is 26.0. The van der Waals surface area contributed by atoms with Gasteiger partial charge in [0.25, 0.3) is 5.91 Å². The molecular formula is C16H25NO6. The van der Waals surface area contributed by atoms with Crippen LogP contribution < -0.4 is 14.2 Å². The van der Waals surface area contributed by atoms with E-state index in [2.05, 4.69) is 0 Å². The number of nitrogens with zero attached hydrogens (tertiary/aromatic N) is 1. The van der Waals surface area contributed by atoms with Gasteiger partial charge < -0.3 is 28.6 Å². The van der Waals surface area contributed by atoms with Crippen molar-refractivity contribution in [2.45, 2.75) is 0 Å². The predicted octanol–water partition coefficient (Wildman–Crippen LogP) is 1.45. The predicted molar refractivity (Wildman–Crippen MR) is 85.8 cm³/mol. The molecule has 0 fully saturated rings. The number of hydrogen-bond donors (Lipinski definition) is 0. The minimum atomic E-state index is -0.154. The Hall–Kier alpha value is -1.99. The molecule has 0 aromatic heterocycles. The maximum absolute atomic E-state index is 12.8. The molecule has 0 atom stereocenters. The van der Waals surface area contributed by atoms with Crippen molar-refractivity contribution in [1.82, 2.24) is 4.90 Å². The average molecular weight is 327 g/mol. The van der Waals surface area contributed by atoms with Crippen molar-refractivity contribution >= 4 is 5.91 Å². The highest BCUT2D eigenvalue weighted by Gasteiger charge is 2.21. The van der Waals surface area contributed by atoms with E-state index in [0.717, 1.165) is 0 Å². The molecule has 0 aliphatic rings. The molecule has 0 spiro atoms. The van der Waals surface area contributed by atoms with E-state index in [-0.39, 0.29) is 5.91 Å². The third-order valence-electron chi connectivity index (χ3n) is 3.33. The minimum absolute atomic E-state index is 0.154. The summed E-state index contributed by atoms with van der Waals surface area (Å²) >= 11 is 0. The minimum Gasteiger partial charge on any atom is -0.493 e. The van der Waals surface area contributed by atoms with E-state index in [1.165, 1.54) is 21.3 Å². The number of rotatable bonds is 10. The molecule has 7 nitrogen and oxygen atoms in total. The molecule has 0 bridgehead atoms. The fraction of sp³-hybridized carbons (Fsp3) is 0.562. The Bertz CT molecular complexity index is 472. The van der Waals surface area contributed by atoms with Crippen LogP contribution in [0.1, 0.15) is 10.4 Å². The van der Waals surface area contributed by atoms with Crippen LogP contribution in [0.15, 0.2) is 12.1 Å². The first-order valence-electron chi connectivity index (χ1n) is 7.20. The van der Waals surface area contributed by atoms with Gasteiger partial charge in [-0.2, -0.15) is 0 Å². The second-order valence-electron chi connectivity index (χ2n) is 4.69. The molecule has 7 heteroatoms. The van der Waals surface area contributed by atoms with Crippen LogP contribution in [0.4, 0.5) is 0 Å². The second kappa shape index (κ2) is 9.91. The van der Waals surface area contributed by atoms with Gasteiger partial charge in [-0.05, 0) is 12.1 Å². The van der Waals surface area contributed by atoms with E-state index < -0.39 is 0 Å². The van der Waals surface area contributed by atoms with Crippen LogP contribution >= 0.6 is 0 Å². The van der Waals surface area contributed by atoms with Gasteiger partial charge >= 0.3 is 0 Å². The standard InChI is InChI=1S/C16H25NO6/c1-19-8-6-17(7-9-20-2)16(18)12-10-13(21-3)15(23-5)14(11-12)22-4/h10-11H,6-9H2,1-5H3. The molecule has 0 saturated carbocycles. The van der Waals surface area contributed by atoms with Gasteiger partial charge in [-0.3, -0.25) is 4.79 Å². The Balaban J connectivity index is 3.12. The van der Waals surface area contributed by atoms with E-state index in [1.54, 1.807) is 31.3 Å². The van der Waals surface area contributed by atoms with E-state index in [1.807, 2.05) is 0 Å². The second-order valence-corrected chi connectivity index (χ2v) is 4.69. The van der Waals surface area contributed by atoms with Gasteiger partial charge in [-0.1, -0.05) is 0 Å². The van der Waals surface area contributed by atoms with Crippen LogP contribution in [0.5, 0.6) is 17.2 Å². The maximum atomic E-state index is 12.8. The number of amides is 1. The summed E-state index contributed by atoms with van der Waals surface area (Å²) in [7, 11) is 7.74. The molecule has 1 aromatic rings. The van der Waals surface area contributed by atoms with Gasteiger partial charge in [-0.25, -0.2) is 0 Å². The monoisotopic (exact) mass is 327 g/mol. The van der Waals surface area contributed by atoms with Crippen molar-refractivity contribution in [3.8, 4) is 17.2 Å². The fourth-order valence-electron chi connectivity index (χ4n) is 2.10. The van der Waals surface area contributed by atoms with E-state index >= 15 is 0 Å². The van der Waals surface area contributed by atoms with Gasteiger partial charge in [0.2, 0.25) is 5.75 Å². The summed E-state index contributed by atoms with van der Waals surface area (Å²) in [6, 6.07) is 3.27. The van der Waals surface area contributed by atoms with Crippen molar-refractivity contribution in [3.63, 3.8) is 0 Å². The first-order chi connectivity index (χ1) is 11.1. The molecule has 1 amide bonds. The molecule has 0 radical (unpaired) electrons. The number of ether oxygens (including phenoxy) is 5. The quantitative estimate of drug-likeness (QED) is 0.648. The van der Waals surface area contributed by atoms with Crippen molar-refractivity contribution in [2.75, 3.05) is 61.9 Å². The first kappa shape index (κ1) is 19.1. The number of hydrogen-bond acceptors (Lipinski definition) is 6. The molecule has 130 valence electrons. The van der Waals surface area contributed by atoms with Crippen molar-refractivity contribution in [1.29, 1.82) is 0 Å². The number of carbonyl (C=O) groups is 1. The van der Waals surface area contributed by atoms with Crippen LogP contribution in [-0.2, 0) is 9.47 Å². The molecule has 0 N–H and O–H groups in total. The molecule has 0 heterocycles. The van der Waals surface area contributed by atoms with Crippen LogP contribution in [-0.4, -0.2) is 72.7 Å². The summed E-state index contributed by atoms with van der Waals surface area (Å²) in [5, 5.41) is 0. The molecular weight excluding hydrogens is 302 g/mol. The zero-order chi connectivity index (χ0) is 17.2. The topological polar surface area (TPSA) is 66.5 Å². The first-order valence-corrected chi connectivity index (χ1v) is 7.20. The summed E-state index contributed by atoms with van der Waals surface area (Å²) in [5.74, 6) is 1.17. The normalized spacial score (nSPS) is 10.3. The van der Waals surface area contributed by atoms with Crippen LogP contribution in [0.2, 0.25) is 0 Å². The molecule has 0 aliphatic heterocycles. The SMILES string of the molecule is COCCN(CCOC)C(=O)c1cc(OC)c(OC)c(OC)c1. The third kappa shape index (κ3) is 5.01. The van der Waals surface area contributed by atoms with Gasteiger partial charge in [0, 0.05) is 32.9 Å². The van der Waals surface area contributed by atoms with Crippen molar-refractivity contribution in [3.05, 3.63) is 17.7 Å². The van der Waals surface area contributed by atoms with Crippen molar-refractivity contribution < 1.29 is 28.5 Å². The lowest BCUT2D eigenvalue weighted by atomic mass is 10.1. The zero-order valence-electron chi connectivity index (χ0n) is 14.4. The summed E-state index contributed by atoms with van der Waals surface area (Å²) in [4.78, 5) is 14.4. The average Bonchev–Trinajstić information content (AvgIpc) is 2.59. The number of carbonyl (C=O) groups excluding carboxylic acids is 1. The van der Waals surface area contributed by atoms with E-state index in [4.69, 9.17) is 23.7 Å². The molecule has 0 saturated heterocycles. The zero-order valence-corrected chi connectivity index (χ0v) is 14.4. The fourth-order valence-corrected chi connectivity index (χ4v) is 2.10.